The van der Waals surface area contributed by atoms with E-state index in [1.807, 2.05) is 0 Å². The molecule has 2 rings (SSSR count). The lowest BCUT2D eigenvalue weighted by atomic mass is 10.2. The van der Waals surface area contributed by atoms with Crippen LogP contribution in [-0.2, 0) is 0 Å². The van der Waals surface area contributed by atoms with E-state index in [2.05, 4.69) is 16.0 Å². The minimum absolute atomic E-state index is 0.0717. The summed E-state index contributed by atoms with van der Waals surface area (Å²) >= 11 is 23.1. The van der Waals surface area contributed by atoms with Crippen molar-refractivity contribution < 1.29 is 19.2 Å². The Balaban J connectivity index is 2.19. The highest BCUT2D eigenvalue weighted by molar-refractivity contribution is 7.80. The summed E-state index contributed by atoms with van der Waals surface area (Å²) in [6.45, 7) is 0. The molecule has 9 nitrogen and oxygen atoms in total. The number of para-hydroxylation sites is 1. The third-order valence-electron chi connectivity index (χ3n) is 3.88. The lowest BCUT2D eigenvalue weighted by Crippen LogP contribution is -2.56. The Kier molecular flexibility index (Phi) is 8.52. The van der Waals surface area contributed by atoms with Gasteiger partial charge in [0.2, 0.25) is 3.79 Å². The predicted molar refractivity (Wildman–Crippen MR) is 124 cm³/mol. The largest absolute Gasteiger partial charge is 0.496 e. The maximum Gasteiger partial charge on any atom is 0.296 e. The van der Waals surface area contributed by atoms with Gasteiger partial charge >= 0.3 is 0 Å². The number of thiocarbonyl (C=S) groups is 1. The van der Waals surface area contributed by atoms with Crippen molar-refractivity contribution in [2.75, 3.05) is 19.5 Å². The molecule has 3 N–H and O–H groups in total. The number of nitrogens with zero attached hydrogens (tertiary/aromatic N) is 1. The van der Waals surface area contributed by atoms with Gasteiger partial charge in [-0.3, -0.25) is 14.9 Å². The molecule has 0 aliphatic heterocycles. The first-order valence-corrected chi connectivity index (χ1v) is 10.0. The topological polar surface area (TPSA) is 115 Å². The van der Waals surface area contributed by atoms with Crippen LogP contribution in [0.25, 0.3) is 0 Å². The van der Waals surface area contributed by atoms with Gasteiger partial charge in [0.25, 0.3) is 11.6 Å². The number of hydrogen-bond acceptors (Lipinski definition) is 6. The molecule has 0 heterocycles. The molecule has 0 saturated carbocycles. The number of ether oxygens (including phenoxy) is 2. The van der Waals surface area contributed by atoms with Crippen LogP contribution >= 0.6 is 47.0 Å². The van der Waals surface area contributed by atoms with Gasteiger partial charge in [-0.15, -0.1) is 0 Å². The molecule has 31 heavy (non-hydrogen) atoms. The van der Waals surface area contributed by atoms with Crippen LogP contribution in [0.1, 0.15) is 10.4 Å². The predicted octanol–water partition coefficient (Wildman–Crippen LogP) is 4.02. The minimum Gasteiger partial charge on any atom is -0.496 e. The van der Waals surface area contributed by atoms with Crippen molar-refractivity contribution in [1.82, 2.24) is 10.6 Å². The fourth-order valence-corrected chi connectivity index (χ4v) is 2.98. The van der Waals surface area contributed by atoms with Crippen molar-refractivity contribution in [3.63, 3.8) is 0 Å². The number of nitrogens with one attached hydrogen (secondary N) is 3. The second-order valence-corrected chi connectivity index (χ2v) is 8.66. The van der Waals surface area contributed by atoms with Crippen LogP contribution in [-0.4, -0.2) is 40.1 Å². The van der Waals surface area contributed by atoms with E-state index in [0.717, 1.165) is 0 Å². The molecule has 0 bridgehead atoms. The molecule has 2 aromatic rings. The van der Waals surface area contributed by atoms with Crippen molar-refractivity contribution >= 4 is 69.4 Å². The number of carbonyl (C=O) groups is 1. The third-order valence-corrected chi connectivity index (χ3v) is 4.75. The lowest BCUT2D eigenvalue weighted by Gasteiger charge is -2.28. The first-order valence-electron chi connectivity index (χ1n) is 8.47. The summed E-state index contributed by atoms with van der Waals surface area (Å²) in [4.78, 5) is 23.4. The number of methoxy groups -OCH3 is 2. The molecule has 0 aliphatic carbocycles. The maximum atomic E-state index is 12.7. The zero-order chi connectivity index (χ0) is 23.2. The molecule has 13 heteroatoms. The number of halogens is 3. The standard InChI is InChI=1S/C18H17Cl3N4O5S/c1-29-10-7-8-12(13(9-10)25(27)28)22-17(31)24-16(18(19,20)21)23-15(26)11-5-3-4-6-14(11)30-2/h3-9,16H,1-2H3,(H,23,26)(H2,22,24,31)/t16-/m0/s1. The molecular formula is C18H17Cl3N4O5S. The summed E-state index contributed by atoms with van der Waals surface area (Å²) in [6, 6.07) is 10.6. The Hall–Kier alpha value is -2.53. The number of hydrogen-bond donors (Lipinski definition) is 3. The van der Waals surface area contributed by atoms with E-state index >= 15 is 0 Å². The van der Waals surface area contributed by atoms with Gasteiger partial charge in [-0.2, -0.15) is 0 Å². The Bertz CT molecular complexity index is 987. The molecule has 0 aliphatic rings. The molecule has 0 radical (unpaired) electrons. The van der Waals surface area contributed by atoms with Crippen LogP contribution in [0.5, 0.6) is 11.5 Å². The molecule has 0 spiro atoms. The first kappa shape index (κ1) is 24.7. The third kappa shape index (κ3) is 6.73. The molecule has 0 saturated heterocycles. The maximum absolute atomic E-state index is 12.7. The highest BCUT2D eigenvalue weighted by Gasteiger charge is 2.35. The summed E-state index contributed by atoms with van der Waals surface area (Å²) < 4.78 is 8.13. The van der Waals surface area contributed by atoms with E-state index < -0.39 is 20.8 Å². The normalized spacial score (nSPS) is 11.8. The molecule has 0 aromatic heterocycles. The van der Waals surface area contributed by atoms with Crippen LogP contribution in [0, 0.1) is 10.1 Å². The lowest BCUT2D eigenvalue weighted by molar-refractivity contribution is -0.384. The van der Waals surface area contributed by atoms with Gasteiger partial charge in [-0.1, -0.05) is 46.9 Å². The Labute approximate surface area is 198 Å². The average Bonchev–Trinajstić information content (AvgIpc) is 2.72. The molecular weight excluding hydrogens is 491 g/mol. The van der Waals surface area contributed by atoms with Gasteiger partial charge in [-0.05, 0) is 36.5 Å². The van der Waals surface area contributed by atoms with E-state index in [1.54, 1.807) is 18.2 Å². The van der Waals surface area contributed by atoms with Crippen LogP contribution < -0.4 is 25.4 Å². The van der Waals surface area contributed by atoms with Gasteiger partial charge < -0.3 is 25.4 Å². The Morgan fingerprint density at radius 2 is 1.81 bits per heavy atom. The zero-order valence-corrected chi connectivity index (χ0v) is 19.2. The second kappa shape index (κ2) is 10.7. The van der Waals surface area contributed by atoms with Crippen molar-refractivity contribution in [2.24, 2.45) is 0 Å². The second-order valence-electron chi connectivity index (χ2n) is 5.89. The Morgan fingerprint density at radius 1 is 1.13 bits per heavy atom. The number of benzene rings is 2. The molecule has 2 aromatic carbocycles. The van der Waals surface area contributed by atoms with Crippen molar-refractivity contribution in [3.05, 3.63) is 58.1 Å². The number of alkyl halides is 3. The smallest absolute Gasteiger partial charge is 0.296 e. The van der Waals surface area contributed by atoms with Crippen molar-refractivity contribution in [2.45, 2.75) is 9.96 Å². The van der Waals surface area contributed by atoms with E-state index in [9.17, 15) is 14.9 Å². The first-order chi connectivity index (χ1) is 14.6. The van der Waals surface area contributed by atoms with E-state index in [1.165, 1.54) is 38.5 Å². The number of rotatable bonds is 7. The summed E-state index contributed by atoms with van der Waals surface area (Å²) in [6.07, 6.45) is -1.28. The quantitative estimate of drug-likeness (QED) is 0.169. The summed E-state index contributed by atoms with van der Waals surface area (Å²) in [5.74, 6) is 0.0106. The minimum atomic E-state index is -2.02. The van der Waals surface area contributed by atoms with Crippen LogP contribution in [0.15, 0.2) is 42.5 Å². The zero-order valence-electron chi connectivity index (χ0n) is 16.1. The van der Waals surface area contributed by atoms with Gasteiger partial charge in [0.15, 0.2) is 5.11 Å². The van der Waals surface area contributed by atoms with E-state index in [4.69, 9.17) is 56.5 Å². The summed E-state index contributed by atoms with van der Waals surface area (Å²) in [5.41, 5.74) is -0.00914. The molecule has 0 unspecified atom stereocenters. The Morgan fingerprint density at radius 3 is 2.39 bits per heavy atom. The highest BCUT2D eigenvalue weighted by Crippen LogP contribution is 2.31. The SMILES string of the molecule is COc1ccc(NC(=S)N[C@H](NC(=O)c2ccccc2OC)C(Cl)(Cl)Cl)c([N+](=O)[O-])c1. The van der Waals surface area contributed by atoms with Crippen molar-refractivity contribution in [1.29, 1.82) is 0 Å². The van der Waals surface area contributed by atoms with Crippen LogP contribution in [0.4, 0.5) is 11.4 Å². The van der Waals surface area contributed by atoms with Crippen LogP contribution in [0.2, 0.25) is 0 Å². The molecule has 166 valence electrons. The highest BCUT2D eigenvalue weighted by atomic mass is 35.6. The van der Waals surface area contributed by atoms with Crippen molar-refractivity contribution in [3.8, 4) is 11.5 Å². The fourth-order valence-electron chi connectivity index (χ4n) is 2.43. The number of nitro benzene ring substituents is 1. The van der Waals surface area contributed by atoms with Crippen LogP contribution in [0.3, 0.4) is 0 Å². The molecule has 1 amide bonds. The molecule has 1 atom stereocenters. The van der Waals surface area contributed by atoms with E-state index in [0.29, 0.717) is 11.5 Å². The average molecular weight is 508 g/mol. The number of carbonyl (C=O) groups excluding carboxylic acids is 1. The van der Waals surface area contributed by atoms with Gasteiger partial charge in [0.1, 0.15) is 23.4 Å². The van der Waals surface area contributed by atoms with Gasteiger partial charge in [0, 0.05) is 0 Å². The number of amides is 1. The van der Waals surface area contributed by atoms with Gasteiger partial charge in [0.05, 0.1) is 30.8 Å². The summed E-state index contributed by atoms with van der Waals surface area (Å²) in [5, 5.41) is 19.0. The number of anilines is 1. The molecule has 0 fully saturated rings. The number of nitro groups is 1. The monoisotopic (exact) mass is 506 g/mol. The van der Waals surface area contributed by atoms with E-state index in [-0.39, 0.29) is 22.1 Å². The summed E-state index contributed by atoms with van der Waals surface area (Å²) in [7, 11) is 2.80. The van der Waals surface area contributed by atoms with Gasteiger partial charge in [-0.25, -0.2) is 0 Å². The fraction of sp³-hybridized carbons (Fsp3) is 0.222.